The summed E-state index contributed by atoms with van der Waals surface area (Å²) in [5.41, 5.74) is 10.2. The van der Waals surface area contributed by atoms with Crippen LogP contribution in [-0.4, -0.2) is 19.6 Å². The molecule has 100 valence electrons. The van der Waals surface area contributed by atoms with Crippen LogP contribution in [0.1, 0.15) is 36.8 Å². The fourth-order valence-corrected chi connectivity index (χ4v) is 3.08. The Morgan fingerprint density at radius 1 is 1.17 bits per heavy atom. The number of nitrogens with two attached hydrogens (primary N) is 1. The summed E-state index contributed by atoms with van der Waals surface area (Å²) in [6, 6.07) is 7.20. The van der Waals surface area contributed by atoms with E-state index in [-0.39, 0.29) is 0 Å². The Morgan fingerprint density at radius 2 is 1.83 bits per heavy atom. The van der Waals surface area contributed by atoms with Crippen molar-refractivity contribution in [3.8, 4) is 0 Å². The lowest BCUT2D eigenvalue weighted by Gasteiger charge is -2.23. The smallest absolute Gasteiger partial charge is 0.0368 e. The van der Waals surface area contributed by atoms with E-state index in [0.29, 0.717) is 6.04 Å². The SMILES string of the molecule is Cc1cc(C)cc(N(C)CCC2CCCC2N)c1. The molecule has 2 rings (SSSR count). The van der Waals surface area contributed by atoms with Crippen molar-refractivity contribution in [2.24, 2.45) is 11.7 Å². The lowest BCUT2D eigenvalue weighted by molar-refractivity contribution is 0.449. The third kappa shape index (κ3) is 3.26. The van der Waals surface area contributed by atoms with Crippen molar-refractivity contribution in [3.05, 3.63) is 29.3 Å². The van der Waals surface area contributed by atoms with Crippen LogP contribution in [0.15, 0.2) is 18.2 Å². The van der Waals surface area contributed by atoms with Gasteiger partial charge in [0.15, 0.2) is 0 Å². The molecule has 0 heterocycles. The molecule has 0 amide bonds. The zero-order valence-corrected chi connectivity index (χ0v) is 11.9. The van der Waals surface area contributed by atoms with Crippen molar-refractivity contribution >= 4 is 5.69 Å². The molecule has 0 aromatic heterocycles. The van der Waals surface area contributed by atoms with Gasteiger partial charge in [-0.15, -0.1) is 0 Å². The molecule has 2 N–H and O–H groups in total. The highest BCUT2D eigenvalue weighted by Crippen LogP contribution is 2.27. The van der Waals surface area contributed by atoms with Crippen LogP contribution in [0.3, 0.4) is 0 Å². The quantitative estimate of drug-likeness (QED) is 0.883. The summed E-state index contributed by atoms with van der Waals surface area (Å²) >= 11 is 0. The normalized spacial score (nSPS) is 23.3. The number of aryl methyl sites for hydroxylation is 2. The van der Waals surface area contributed by atoms with Crippen LogP contribution in [0.4, 0.5) is 5.69 Å². The molecule has 1 aromatic rings. The van der Waals surface area contributed by atoms with Gasteiger partial charge in [0.25, 0.3) is 0 Å². The Balaban J connectivity index is 1.92. The average molecular weight is 246 g/mol. The Hall–Kier alpha value is -1.02. The van der Waals surface area contributed by atoms with Gasteiger partial charge >= 0.3 is 0 Å². The highest BCUT2D eigenvalue weighted by Gasteiger charge is 2.23. The second-order valence-electron chi connectivity index (χ2n) is 5.91. The van der Waals surface area contributed by atoms with Gasteiger partial charge in [-0.2, -0.15) is 0 Å². The first kappa shape index (κ1) is 13.4. The van der Waals surface area contributed by atoms with Gasteiger partial charge in [-0.3, -0.25) is 0 Å². The largest absolute Gasteiger partial charge is 0.375 e. The lowest BCUT2D eigenvalue weighted by atomic mass is 10.00. The predicted molar refractivity (Wildman–Crippen MR) is 79.1 cm³/mol. The number of anilines is 1. The molecule has 0 radical (unpaired) electrons. The van der Waals surface area contributed by atoms with Crippen LogP contribution in [0.25, 0.3) is 0 Å². The van der Waals surface area contributed by atoms with Gasteiger partial charge in [0, 0.05) is 25.3 Å². The van der Waals surface area contributed by atoms with Crippen molar-refractivity contribution in [2.75, 3.05) is 18.5 Å². The first-order valence-electron chi connectivity index (χ1n) is 7.11. The molecule has 0 aliphatic heterocycles. The van der Waals surface area contributed by atoms with Gasteiger partial charge < -0.3 is 10.6 Å². The Kier molecular flexibility index (Phi) is 4.28. The summed E-state index contributed by atoms with van der Waals surface area (Å²) < 4.78 is 0. The Bertz CT molecular complexity index is 380. The van der Waals surface area contributed by atoms with Crippen molar-refractivity contribution in [1.29, 1.82) is 0 Å². The average Bonchev–Trinajstić information content (AvgIpc) is 2.70. The van der Waals surface area contributed by atoms with Gasteiger partial charge in [-0.1, -0.05) is 12.5 Å². The van der Waals surface area contributed by atoms with Gasteiger partial charge in [0.2, 0.25) is 0 Å². The summed E-state index contributed by atoms with van der Waals surface area (Å²) in [6.07, 6.45) is 5.09. The van der Waals surface area contributed by atoms with E-state index in [1.54, 1.807) is 0 Å². The molecular weight excluding hydrogens is 220 g/mol. The number of rotatable bonds is 4. The van der Waals surface area contributed by atoms with Crippen LogP contribution in [0.2, 0.25) is 0 Å². The summed E-state index contributed by atoms with van der Waals surface area (Å²) in [5, 5.41) is 0. The van der Waals surface area contributed by atoms with E-state index in [1.165, 1.54) is 42.5 Å². The van der Waals surface area contributed by atoms with Gasteiger partial charge in [0.1, 0.15) is 0 Å². The second kappa shape index (κ2) is 5.75. The van der Waals surface area contributed by atoms with Gasteiger partial charge in [-0.25, -0.2) is 0 Å². The van der Waals surface area contributed by atoms with E-state index in [0.717, 1.165) is 12.5 Å². The maximum atomic E-state index is 6.13. The molecule has 0 bridgehead atoms. The zero-order valence-electron chi connectivity index (χ0n) is 11.9. The number of hydrogen-bond acceptors (Lipinski definition) is 2. The van der Waals surface area contributed by atoms with Crippen LogP contribution in [-0.2, 0) is 0 Å². The number of hydrogen-bond donors (Lipinski definition) is 1. The third-order valence-corrected chi connectivity index (χ3v) is 4.20. The molecule has 1 aromatic carbocycles. The molecule has 18 heavy (non-hydrogen) atoms. The molecule has 1 fully saturated rings. The minimum atomic E-state index is 0.442. The van der Waals surface area contributed by atoms with E-state index in [4.69, 9.17) is 5.73 Å². The lowest BCUT2D eigenvalue weighted by Crippen LogP contribution is -2.28. The van der Waals surface area contributed by atoms with Gasteiger partial charge in [0.05, 0.1) is 0 Å². The fraction of sp³-hybridized carbons (Fsp3) is 0.625. The number of benzene rings is 1. The summed E-state index contributed by atoms with van der Waals surface area (Å²) in [6.45, 7) is 5.44. The molecule has 0 saturated heterocycles. The van der Waals surface area contributed by atoms with Crippen LogP contribution < -0.4 is 10.6 Å². The van der Waals surface area contributed by atoms with Crippen molar-refractivity contribution in [1.82, 2.24) is 0 Å². The zero-order chi connectivity index (χ0) is 13.1. The highest BCUT2D eigenvalue weighted by molar-refractivity contribution is 5.50. The monoisotopic (exact) mass is 246 g/mol. The highest BCUT2D eigenvalue weighted by atomic mass is 15.1. The molecule has 1 saturated carbocycles. The molecule has 2 nitrogen and oxygen atoms in total. The summed E-state index contributed by atoms with van der Waals surface area (Å²) in [5.74, 6) is 0.735. The van der Waals surface area contributed by atoms with E-state index < -0.39 is 0 Å². The Labute approximate surface area is 111 Å². The standard InChI is InChI=1S/C16H26N2/c1-12-9-13(2)11-15(10-12)18(3)8-7-14-5-4-6-16(14)17/h9-11,14,16H,4-8,17H2,1-3H3. The van der Waals surface area contributed by atoms with Crippen LogP contribution in [0.5, 0.6) is 0 Å². The molecule has 1 aliphatic carbocycles. The van der Waals surface area contributed by atoms with Crippen LogP contribution in [0, 0.1) is 19.8 Å². The maximum absolute atomic E-state index is 6.13. The predicted octanol–water partition coefficient (Wildman–Crippen LogP) is 3.26. The van der Waals surface area contributed by atoms with E-state index in [2.05, 4.69) is 44.0 Å². The van der Waals surface area contributed by atoms with Crippen molar-refractivity contribution in [2.45, 2.75) is 45.6 Å². The summed E-state index contributed by atoms with van der Waals surface area (Å²) in [7, 11) is 2.19. The van der Waals surface area contributed by atoms with E-state index in [1.807, 2.05) is 0 Å². The summed E-state index contributed by atoms with van der Waals surface area (Å²) in [4.78, 5) is 2.37. The minimum absolute atomic E-state index is 0.442. The second-order valence-corrected chi connectivity index (χ2v) is 5.91. The minimum Gasteiger partial charge on any atom is -0.375 e. The third-order valence-electron chi connectivity index (χ3n) is 4.20. The molecule has 1 aliphatic rings. The molecule has 0 spiro atoms. The molecule has 2 atom stereocenters. The topological polar surface area (TPSA) is 29.3 Å². The van der Waals surface area contributed by atoms with Crippen LogP contribution >= 0.6 is 0 Å². The van der Waals surface area contributed by atoms with Crippen molar-refractivity contribution in [3.63, 3.8) is 0 Å². The van der Waals surface area contributed by atoms with Gasteiger partial charge in [-0.05, 0) is 62.3 Å². The first-order valence-corrected chi connectivity index (χ1v) is 7.11. The van der Waals surface area contributed by atoms with E-state index >= 15 is 0 Å². The first-order chi connectivity index (χ1) is 8.56. The number of nitrogens with zero attached hydrogens (tertiary/aromatic N) is 1. The van der Waals surface area contributed by atoms with E-state index in [9.17, 15) is 0 Å². The molecule has 2 heteroatoms. The Morgan fingerprint density at radius 3 is 2.39 bits per heavy atom. The molecular formula is C16H26N2. The molecule has 2 unspecified atom stereocenters. The maximum Gasteiger partial charge on any atom is 0.0368 e. The fourth-order valence-electron chi connectivity index (χ4n) is 3.08. The van der Waals surface area contributed by atoms with Crippen molar-refractivity contribution < 1.29 is 0 Å².